The number of halogens is 1. The van der Waals surface area contributed by atoms with Crippen LogP contribution in [0.1, 0.15) is 19.4 Å². The second kappa shape index (κ2) is 9.87. The molecule has 0 bridgehead atoms. The fourth-order valence-corrected chi connectivity index (χ4v) is 2.93. The monoisotopic (exact) mass is 352 g/mol. The molecule has 5 nitrogen and oxygen atoms in total. The molecule has 134 valence electrons. The molecule has 1 unspecified atom stereocenters. The van der Waals surface area contributed by atoms with Gasteiger partial charge in [0.1, 0.15) is 0 Å². The first-order chi connectivity index (χ1) is 11.6. The van der Waals surface area contributed by atoms with Crippen molar-refractivity contribution in [1.82, 2.24) is 15.5 Å². The quantitative estimate of drug-likeness (QED) is 0.609. The van der Waals surface area contributed by atoms with Crippen LogP contribution in [0.25, 0.3) is 0 Å². The van der Waals surface area contributed by atoms with Gasteiger partial charge < -0.3 is 15.4 Å². The average molecular weight is 353 g/mol. The smallest absolute Gasteiger partial charge is 0.191 e. The van der Waals surface area contributed by atoms with E-state index in [9.17, 15) is 0 Å². The zero-order valence-electron chi connectivity index (χ0n) is 14.9. The molecule has 1 saturated heterocycles. The number of hydrogen-bond acceptors (Lipinski definition) is 3. The van der Waals surface area contributed by atoms with Crippen LogP contribution in [0.15, 0.2) is 29.3 Å². The molecule has 0 aromatic heterocycles. The molecule has 0 amide bonds. The molecule has 1 fully saturated rings. The minimum Gasteiger partial charge on any atom is -0.374 e. The Hall–Kier alpha value is -1.30. The van der Waals surface area contributed by atoms with Crippen LogP contribution >= 0.6 is 11.6 Å². The molecule has 1 aromatic rings. The molecule has 1 heterocycles. The van der Waals surface area contributed by atoms with Crippen molar-refractivity contribution in [2.24, 2.45) is 10.9 Å². The first-order valence-corrected chi connectivity index (χ1v) is 8.97. The lowest BCUT2D eigenvalue weighted by molar-refractivity contribution is -0.0284. The third kappa shape index (κ3) is 6.67. The third-order valence-electron chi connectivity index (χ3n) is 3.94. The van der Waals surface area contributed by atoms with Gasteiger partial charge in [-0.2, -0.15) is 0 Å². The first-order valence-electron chi connectivity index (χ1n) is 8.59. The van der Waals surface area contributed by atoms with Gasteiger partial charge in [-0.05, 0) is 23.6 Å². The standard InChI is InChI=1S/C18H29ClN4O/c1-14(2)12-23-8-9-24-17(13-23)11-22-18(20-3)21-10-15-4-6-16(19)7-5-15/h4-7,14,17H,8-13H2,1-3H3,(H2,20,21,22). The molecule has 6 heteroatoms. The van der Waals surface area contributed by atoms with Gasteiger partial charge in [0, 0.05) is 44.8 Å². The van der Waals surface area contributed by atoms with Crippen LogP contribution in [-0.2, 0) is 11.3 Å². The number of nitrogens with one attached hydrogen (secondary N) is 2. The minimum absolute atomic E-state index is 0.201. The zero-order chi connectivity index (χ0) is 17.4. The lowest BCUT2D eigenvalue weighted by Crippen LogP contribution is -2.50. The van der Waals surface area contributed by atoms with Crippen LogP contribution in [0, 0.1) is 5.92 Å². The van der Waals surface area contributed by atoms with Gasteiger partial charge in [0.2, 0.25) is 0 Å². The van der Waals surface area contributed by atoms with Crippen LogP contribution in [0.4, 0.5) is 0 Å². The molecule has 0 radical (unpaired) electrons. The Labute approximate surface area is 150 Å². The van der Waals surface area contributed by atoms with Gasteiger partial charge in [0.25, 0.3) is 0 Å². The summed E-state index contributed by atoms with van der Waals surface area (Å²) < 4.78 is 5.86. The Bertz CT molecular complexity index is 518. The fraction of sp³-hybridized carbons (Fsp3) is 0.611. The van der Waals surface area contributed by atoms with E-state index in [1.807, 2.05) is 24.3 Å². The van der Waals surface area contributed by atoms with Crippen molar-refractivity contribution in [2.45, 2.75) is 26.5 Å². The highest BCUT2D eigenvalue weighted by Crippen LogP contribution is 2.09. The lowest BCUT2D eigenvalue weighted by Gasteiger charge is -2.34. The molecule has 2 rings (SSSR count). The molecule has 24 heavy (non-hydrogen) atoms. The normalized spacial score (nSPS) is 19.5. The Kier molecular flexibility index (Phi) is 7.82. The Balaban J connectivity index is 1.73. The summed E-state index contributed by atoms with van der Waals surface area (Å²) >= 11 is 5.91. The van der Waals surface area contributed by atoms with Crippen LogP contribution in [-0.4, -0.2) is 56.8 Å². The number of benzene rings is 1. The fourth-order valence-electron chi connectivity index (χ4n) is 2.81. The van der Waals surface area contributed by atoms with Crippen molar-refractivity contribution in [2.75, 3.05) is 39.8 Å². The highest BCUT2D eigenvalue weighted by molar-refractivity contribution is 6.30. The second-order valence-corrected chi connectivity index (χ2v) is 7.02. The van der Waals surface area contributed by atoms with Crippen LogP contribution < -0.4 is 10.6 Å². The number of rotatable bonds is 6. The van der Waals surface area contributed by atoms with Crippen molar-refractivity contribution in [1.29, 1.82) is 0 Å². The van der Waals surface area contributed by atoms with Gasteiger partial charge in [0.05, 0.1) is 12.7 Å². The van der Waals surface area contributed by atoms with E-state index in [4.69, 9.17) is 16.3 Å². The Morgan fingerprint density at radius 3 is 2.75 bits per heavy atom. The number of hydrogen-bond donors (Lipinski definition) is 2. The summed E-state index contributed by atoms with van der Waals surface area (Å²) in [4.78, 5) is 6.75. The van der Waals surface area contributed by atoms with Gasteiger partial charge in [-0.3, -0.25) is 9.89 Å². The predicted octanol–water partition coefficient (Wildman–Crippen LogP) is 2.36. The number of ether oxygens (including phenoxy) is 1. The molecular formula is C18H29ClN4O. The van der Waals surface area contributed by atoms with Crippen molar-refractivity contribution in [3.8, 4) is 0 Å². The molecule has 1 aromatic carbocycles. The topological polar surface area (TPSA) is 48.9 Å². The third-order valence-corrected chi connectivity index (χ3v) is 4.19. The van der Waals surface area contributed by atoms with Gasteiger partial charge in [-0.15, -0.1) is 0 Å². The van der Waals surface area contributed by atoms with Crippen molar-refractivity contribution >= 4 is 17.6 Å². The summed E-state index contributed by atoms with van der Waals surface area (Å²) in [5.41, 5.74) is 1.17. The van der Waals surface area contributed by atoms with Gasteiger partial charge >= 0.3 is 0 Å². The van der Waals surface area contributed by atoms with E-state index in [0.717, 1.165) is 43.8 Å². The van der Waals surface area contributed by atoms with E-state index >= 15 is 0 Å². The first kappa shape index (κ1) is 19.0. The van der Waals surface area contributed by atoms with Gasteiger partial charge in [-0.1, -0.05) is 37.6 Å². The summed E-state index contributed by atoms with van der Waals surface area (Å²) in [5.74, 6) is 1.47. The lowest BCUT2D eigenvalue weighted by atomic mass is 10.2. The Morgan fingerprint density at radius 1 is 1.33 bits per heavy atom. The summed E-state index contributed by atoms with van der Waals surface area (Å²) in [6, 6.07) is 7.81. The van der Waals surface area contributed by atoms with Crippen LogP contribution in [0.2, 0.25) is 5.02 Å². The summed E-state index contributed by atoms with van der Waals surface area (Å²) in [6.07, 6.45) is 0.201. The number of aliphatic imine (C=N–C) groups is 1. The molecule has 0 spiro atoms. The minimum atomic E-state index is 0.201. The molecule has 1 aliphatic rings. The number of nitrogens with zero attached hydrogens (tertiary/aromatic N) is 2. The van der Waals surface area contributed by atoms with Crippen LogP contribution in [0.3, 0.4) is 0 Å². The number of morpholine rings is 1. The highest BCUT2D eigenvalue weighted by atomic mass is 35.5. The van der Waals surface area contributed by atoms with E-state index in [-0.39, 0.29) is 6.10 Å². The maximum Gasteiger partial charge on any atom is 0.191 e. The van der Waals surface area contributed by atoms with E-state index < -0.39 is 0 Å². The van der Waals surface area contributed by atoms with Gasteiger partial charge in [-0.25, -0.2) is 0 Å². The second-order valence-electron chi connectivity index (χ2n) is 6.58. The van der Waals surface area contributed by atoms with Gasteiger partial charge in [0.15, 0.2) is 5.96 Å². The summed E-state index contributed by atoms with van der Waals surface area (Å²) in [5, 5.41) is 7.42. The predicted molar refractivity (Wildman–Crippen MR) is 101 cm³/mol. The maximum atomic E-state index is 5.91. The van der Waals surface area contributed by atoms with Crippen molar-refractivity contribution in [3.05, 3.63) is 34.9 Å². The van der Waals surface area contributed by atoms with Crippen LogP contribution in [0.5, 0.6) is 0 Å². The average Bonchev–Trinajstić information content (AvgIpc) is 2.56. The van der Waals surface area contributed by atoms with E-state index in [2.05, 4.69) is 34.4 Å². The molecule has 1 aliphatic heterocycles. The summed E-state index contributed by atoms with van der Waals surface area (Å²) in [6.45, 7) is 9.91. The number of guanidine groups is 1. The highest BCUT2D eigenvalue weighted by Gasteiger charge is 2.20. The van der Waals surface area contributed by atoms with Crippen molar-refractivity contribution in [3.63, 3.8) is 0 Å². The Morgan fingerprint density at radius 2 is 2.08 bits per heavy atom. The molecular weight excluding hydrogens is 324 g/mol. The van der Waals surface area contributed by atoms with Crippen molar-refractivity contribution < 1.29 is 4.74 Å². The molecule has 2 N–H and O–H groups in total. The molecule has 0 aliphatic carbocycles. The SMILES string of the molecule is CN=C(NCc1ccc(Cl)cc1)NCC1CN(CC(C)C)CCO1. The van der Waals surface area contributed by atoms with E-state index in [1.54, 1.807) is 7.05 Å². The molecule has 1 atom stereocenters. The summed E-state index contributed by atoms with van der Waals surface area (Å²) in [7, 11) is 1.78. The van der Waals surface area contributed by atoms with E-state index in [1.165, 1.54) is 5.56 Å². The van der Waals surface area contributed by atoms with E-state index in [0.29, 0.717) is 12.5 Å². The molecule has 0 saturated carbocycles. The maximum absolute atomic E-state index is 5.91. The largest absolute Gasteiger partial charge is 0.374 e. The zero-order valence-corrected chi connectivity index (χ0v) is 15.6.